The largest absolute Gasteiger partial charge is 0.456 e. The molecule has 0 bridgehead atoms. The first-order valence-electron chi connectivity index (χ1n) is 18.0. The van der Waals surface area contributed by atoms with E-state index in [2.05, 4.69) is 161 Å². The highest BCUT2D eigenvalue weighted by Gasteiger charge is 2.35. The Kier molecular flexibility index (Phi) is 6.65. The van der Waals surface area contributed by atoms with Gasteiger partial charge in [-0.1, -0.05) is 123 Å². The van der Waals surface area contributed by atoms with Crippen molar-refractivity contribution in [2.45, 2.75) is 33.1 Å². The second-order valence-corrected chi connectivity index (χ2v) is 14.7. The van der Waals surface area contributed by atoms with Crippen molar-refractivity contribution in [2.75, 3.05) is 0 Å². The van der Waals surface area contributed by atoms with E-state index in [0.29, 0.717) is 5.82 Å². The van der Waals surface area contributed by atoms with Crippen LogP contribution in [0.5, 0.6) is 0 Å². The van der Waals surface area contributed by atoms with Crippen LogP contribution in [0, 0.1) is 13.8 Å². The quantitative estimate of drug-likeness (QED) is 0.187. The molecular formula is C49H36N2O. The summed E-state index contributed by atoms with van der Waals surface area (Å²) in [6.45, 7) is 9.01. The number of fused-ring (bicyclic) bond motifs is 7. The number of hydrogen-bond acceptors (Lipinski definition) is 3. The average Bonchev–Trinajstić information content (AvgIpc) is 3.66. The number of benzene rings is 7. The van der Waals surface area contributed by atoms with Crippen molar-refractivity contribution in [3.05, 3.63) is 168 Å². The zero-order valence-corrected chi connectivity index (χ0v) is 29.7. The van der Waals surface area contributed by atoms with Crippen molar-refractivity contribution in [3.8, 4) is 56.0 Å². The van der Waals surface area contributed by atoms with Gasteiger partial charge in [-0.15, -0.1) is 0 Å². The number of para-hydroxylation sites is 1. The van der Waals surface area contributed by atoms with Crippen molar-refractivity contribution < 1.29 is 4.42 Å². The minimum absolute atomic E-state index is 0.106. The van der Waals surface area contributed by atoms with Gasteiger partial charge in [0.25, 0.3) is 0 Å². The summed E-state index contributed by atoms with van der Waals surface area (Å²) in [6, 6.07) is 52.1. The van der Waals surface area contributed by atoms with Crippen LogP contribution >= 0.6 is 0 Å². The predicted molar refractivity (Wildman–Crippen MR) is 216 cm³/mol. The fourth-order valence-electron chi connectivity index (χ4n) is 8.43. The maximum Gasteiger partial charge on any atom is 0.161 e. The van der Waals surface area contributed by atoms with Gasteiger partial charge in [-0.2, -0.15) is 0 Å². The number of furan rings is 1. The van der Waals surface area contributed by atoms with Gasteiger partial charge in [0.2, 0.25) is 0 Å². The van der Waals surface area contributed by atoms with Gasteiger partial charge in [-0.3, -0.25) is 0 Å². The molecule has 0 fully saturated rings. The Morgan fingerprint density at radius 3 is 2.04 bits per heavy atom. The smallest absolute Gasteiger partial charge is 0.161 e. The molecule has 2 heterocycles. The van der Waals surface area contributed by atoms with E-state index in [1.54, 1.807) is 0 Å². The number of rotatable bonds is 4. The maximum atomic E-state index is 6.48. The molecule has 9 aromatic rings. The first-order chi connectivity index (χ1) is 25.3. The lowest BCUT2D eigenvalue weighted by Crippen LogP contribution is -2.15. The van der Waals surface area contributed by atoms with Gasteiger partial charge < -0.3 is 4.42 Å². The molecule has 0 N–H and O–H groups in total. The van der Waals surface area contributed by atoms with E-state index in [9.17, 15) is 0 Å². The summed E-state index contributed by atoms with van der Waals surface area (Å²) in [5.74, 6) is 0.688. The highest BCUT2D eigenvalue weighted by atomic mass is 16.3. The molecule has 248 valence electrons. The van der Waals surface area contributed by atoms with E-state index in [1.807, 2.05) is 12.1 Å². The van der Waals surface area contributed by atoms with Crippen LogP contribution in [-0.4, -0.2) is 9.97 Å². The monoisotopic (exact) mass is 668 g/mol. The molecular weight excluding hydrogens is 633 g/mol. The zero-order valence-electron chi connectivity index (χ0n) is 29.7. The number of hydrogen-bond donors (Lipinski definition) is 0. The molecule has 2 aromatic heterocycles. The van der Waals surface area contributed by atoms with Gasteiger partial charge in [-0.05, 0) is 106 Å². The molecule has 0 unspecified atom stereocenters. The number of nitrogens with zero attached hydrogens (tertiary/aromatic N) is 2. The lowest BCUT2D eigenvalue weighted by molar-refractivity contribution is 0.660. The van der Waals surface area contributed by atoms with Crippen LogP contribution in [0.1, 0.15) is 36.1 Å². The summed E-state index contributed by atoms with van der Waals surface area (Å²) >= 11 is 0. The van der Waals surface area contributed by atoms with Crippen LogP contribution in [-0.2, 0) is 5.41 Å². The lowest BCUT2D eigenvalue weighted by atomic mass is 9.82. The minimum Gasteiger partial charge on any atom is -0.456 e. The second-order valence-electron chi connectivity index (χ2n) is 14.7. The Morgan fingerprint density at radius 1 is 0.462 bits per heavy atom. The topological polar surface area (TPSA) is 38.9 Å². The van der Waals surface area contributed by atoms with Crippen LogP contribution in [0.3, 0.4) is 0 Å². The summed E-state index contributed by atoms with van der Waals surface area (Å²) in [7, 11) is 0. The van der Waals surface area contributed by atoms with Crippen molar-refractivity contribution in [2.24, 2.45) is 0 Å². The van der Waals surface area contributed by atoms with Crippen LogP contribution in [0.15, 0.2) is 150 Å². The molecule has 0 saturated carbocycles. The van der Waals surface area contributed by atoms with Gasteiger partial charge in [0.05, 0.1) is 11.2 Å². The van der Waals surface area contributed by atoms with E-state index < -0.39 is 0 Å². The fourth-order valence-corrected chi connectivity index (χ4v) is 8.43. The maximum absolute atomic E-state index is 6.48. The fraction of sp³-hybridized carbons (Fsp3) is 0.102. The molecule has 1 aliphatic rings. The molecule has 1 aliphatic carbocycles. The average molecular weight is 669 g/mol. The summed E-state index contributed by atoms with van der Waals surface area (Å²) in [4.78, 5) is 10.6. The Morgan fingerprint density at radius 2 is 1.15 bits per heavy atom. The Hall–Kier alpha value is -6.32. The van der Waals surface area contributed by atoms with Crippen LogP contribution < -0.4 is 0 Å². The standard InChI is InChI=1S/C49H36N2O/c1-29-12-5-6-13-34(29)39-26-31(21-20-30(39)2)32-23-25-44-40(27-32)46-38(16-11-19-45(46)52-44)48-50-43-18-10-8-15-37(43)47(51-48)33-22-24-36-35-14-7-9-17-41(35)49(3,4)42(36)28-33/h5-28H,1-4H3. The van der Waals surface area contributed by atoms with Crippen molar-refractivity contribution >= 4 is 32.8 Å². The minimum atomic E-state index is -0.106. The summed E-state index contributed by atoms with van der Waals surface area (Å²) in [6.07, 6.45) is 0. The van der Waals surface area contributed by atoms with E-state index in [-0.39, 0.29) is 5.41 Å². The van der Waals surface area contributed by atoms with Gasteiger partial charge in [0.1, 0.15) is 11.2 Å². The van der Waals surface area contributed by atoms with Crippen LogP contribution in [0.2, 0.25) is 0 Å². The molecule has 3 heteroatoms. The van der Waals surface area contributed by atoms with Gasteiger partial charge in [0.15, 0.2) is 5.82 Å². The third-order valence-corrected chi connectivity index (χ3v) is 11.2. The molecule has 7 aromatic carbocycles. The first kappa shape index (κ1) is 30.5. The summed E-state index contributed by atoms with van der Waals surface area (Å²) in [5.41, 5.74) is 18.1. The van der Waals surface area contributed by atoms with Gasteiger partial charge in [-0.25, -0.2) is 9.97 Å². The van der Waals surface area contributed by atoms with Gasteiger partial charge in [0, 0.05) is 32.7 Å². The summed E-state index contributed by atoms with van der Waals surface area (Å²) in [5, 5.41) is 3.11. The molecule has 0 radical (unpaired) electrons. The molecule has 0 atom stereocenters. The molecule has 0 spiro atoms. The Balaban J connectivity index is 1.15. The highest BCUT2D eigenvalue weighted by Crippen LogP contribution is 2.50. The highest BCUT2D eigenvalue weighted by molar-refractivity contribution is 6.13. The third-order valence-electron chi connectivity index (χ3n) is 11.2. The molecule has 0 amide bonds. The number of aromatic nitrogens is 2. The Bertz CT molecular complexity index is 2910. The molecule has 52 heavy (non-hydrogen) atoms. The molecule has 0 saturated heterocycles. The summed E-state index contributed by atoms with van der Waals surface area (Å²) < 4.78 is 6.48. The first-order valence-corrected chi connectivity index (χ1v) is 18.0. The van der Waals surface area contributed by atoms with Crippen molar-refractivity contribution in [3.63, 3.8) is 0 Å². The van der Waals surface area contributed by atoms with Crippen LogP contribution in [0.25, 0.3) is 88.9 Å². The van der Waals surface area contributed by atoms with E-state index in [4.69, 9.17) is 14.4 Å². The molecule has 0 aliphatic heterocycles. The van der Waals surface area contributed by atoms with E-state index in [0.717, 1.165) is 55.2 Å². The molecule has 3 nitrogen and oxygen atoms in total. The van der Waals surface area contributed by atoms with Crippen LogP contribution in [0.4, 0.5) is 0 Å². The zero-order chi connectivity index (χ0) is 35.1. The van der Waals surface area contributed by atoms with Crippen molar-refractivity contribution in [1.29, 1.82) is 0 Å². The normalized spacial score (nSPS) is 13.2. The van der Waals surface area contributed by atoms with Crippen molar-refractivity contribution in [1.82, 2.24) is 9.97 Å². The van der Waals surface area contributed by atoms with E-state index >= 15 is 0 Å². The second kappa shape index (κ2) is 11.3. The van der Waals surface area contributed by atoms with E-state index in [1.165, 1.54) is 50.1 Å². The predicted octanol–water partition coefficient (Wildman–Crippen LogP) is 13.1. The lowest BCUT2D eigenvalue weighted by Gasteiger charge is -2.22. The van der Waals surface area contributed by atoms with Gasteiger partial charge >= 0.3 is 0 Å². The SMILES string of the molecule is Cc1ccccc1-c1cc(-c2ccc3oc4cccc(-c5nc(-c6ccc7c(c6)C(C)(C)c6ccccc6-7)c6ccccc6n5)c4c3c2)ccc1C. The number of aryl methyl sites for hydroxylation is 2. The Labute approximate surface area is 303 Å². The third kappa shape index (κ3) is 4.59. The molecule has 10 rings (SSSR count).